The molecule has 18 heavy (non-hydrogen) atoms. The third-order valence-electron chi connectivity index (χ3n) is 2.69. The molecule has 0 saturated heterocycles. The molecular formula is C14H14ClFN2. The summed E-state index contributed by atoms with van der Waals surface area (Å²) < 4.78 is 13.7. The summed E-state index contributed by atoms with van der Waals surface area (Å²) in [5.41, 5.74) is 1.37. The SMILES string of the molecule is Cc1cccc(NC(C)c2c(F)cccc2Cl)n1. The van der Waals surface area contributed by atoms with E-state index in [1.165, 1.54) is 6.07 Å². The van der Waals surface area contributed by atoms with Crippen molar-refractivity contribution in [3.05, 3.63) is 58.5 Å². The van der Waals surface area contributed by atoms with Crippen molar-refractivity contribution in [2.24, 2.45) is 0 Å². The second kappa shape index (κ2) is 5.36. The predicted molar refractivity (Wildman–Crippen MR) is 72.4 cm³/mol. The van der Waals surface area contributed by atoms with Crippen molar-refractivity contribution in [3.63, 3.8) is 0 Å². The lowest BCUT2D eigenvalue weighted by Gasteiger charge is -2.17. The number of pyridine rings is 1. The van der Waals surface area contributed by atoms with Gasteiger partial charge < -0.3 is 5.32 Å². The first-order valence-corrected chi connectivity index (χ1v) is 6.10. The molecule has 4 heteroatoms. The average molecular weight is 265 g/mol. The molecule has 0 aliphatic rings. The Bertz CT molecular complexity index is 537. The minimum absolute atomic E-state index is 0.243. The van der Waals surface area contributed by atoms with Gasteiger partial charge in [-0.15, -0.1) is 0 Å². The monoisotopic (exact) mass is 264 g/mol. The van der Waals surface area contributed by atoms with E-state index in [0.717, 1.165) is 5.69 Å². The maximum Gasteiger partial charge on any atom is 0.129 e. The Labute approximate surface area is 111 Å². The summed E-state index contributed by atoms with van der Waals surface area (Å²) in [6.07, 6.45) is 0. The number of nitrogens with one attached hydrogen (secondary N) is 1. The minimum Gasteiger partial charge on any atom is -0.363 e. The van der Waals surface area contributed by atoms with Gasteiger partial charge in [0.15, 0.2) is 0 Å². The van der Waals surface area contributed by atoms with E-state index in [1.54, 1.807) is 12.1 Å². The van der Waals surface area contributed by atoms with Crippen LogP contribution in [-0.2, 0) is 0 Å². The third kappa shape index (κ3) is 2.79. The first-order chi connectivity index (χ1) is 8.58. The number of aromatic nitrogens is 1. The number of hydrogen-bond acceptors (Lipinski definition) is 2. The lowest BCUT2D eigenvalue weighted by Crippen LogP contribution is -2.10. The molecule has 94 valence electrons. The summed E-state index contributed by atoms with van der Waals surface area (Å²) in [5, 5.41) is 3.56. The van der Waals surface area contributed by atoms with Gasteiger partial charge in [0.1, 0.15) is 11.6 Å². The van der Waals surface area contributed by atoms with E-state index in [-0.39, 0.29) is 11.9 Å². The van der Waals surface area contributed by atoms with Crippen LogP contribution in [0.15, 0.2) is 36.4 Å². The van der Waals surface area contributed by atoms with Crippen LogP contribution in [0.1, 0.15) is 24.2 Å². The Morgan fingerprint density at radius 2 is 1.94 bits per heavy atom. The van der Waals surface area contributed by atoms with Gasteiger partial charge >= 0.3 is 0 Å². The van der Waals surface area contributed by atoms with Gasteiger partial charge in [-0.25, -0.2) is 9.37 Å². The van der Waals surface area contributed by atoms with Crippen molar-refractivity contribution in [1.82, 2.24) is 4.98 Å². The molecule has 0 amide bonds. The van der Waals surface area contributed by atoms with Crippen LogP contribution in [0.4, 0.5) is 10.2 Å². The van der Waals surface area contributed by atoms with Gasteiger partial charge in [-0.05, 0) is 38.1 Å². The first-order valence-electron chi connectivity index (χ1n) is 5.72. The molecule has 0 radical (unpaired) electrons. The van der Waals surface area contributed by atoms with E-state index < -0.39 is 0 Å². The van der Waals surface area contributed by atoms with Crippen molar-refractivity contribution in [3.8, 4) is 0 Å². The van der Waals surface area contributed by atoms with Crippen LogP contribution < -0.4 is 5.32 Å². The maximum absolute atomic E-state index is 13.7. The molecule has 1 aromatic carbocycles. The van der Waals surface area contributed by atoms with E-state index in [1.807, 2.05) is 32.0 Å². The number of rotatable bonds is 3. The molecule has 1 aromatic heterocycles. The lowest BCUT2D eigenvalue weighted by atomic mass is 10.1. The summed E-state index contributed by atoms with van der Waals surface area (Å²) in [5.74, 6) is 0.400. The Morgan fingerprint density at radius 1 is 1.22 bits per heavy atom. The Morgan fingerprint density at radius 3 is 2.61 bits per heavy atom. The predicted octanol–water partition coefficient (Wildman–Crippen LogP) is 4.36. The standard InChI is InChI=1S/C14H14ClFN2/c1-9-5-3-8-13(17-9)18-10(2)14-11(15)6-4-7-12(14)16/h3-8,10H,1-2H3,(H,17,18). The molecule has 2 aromatic rings. The smallest absolute Gasteiger partial charge is 0.129 e. The van der Waals surface area contributed by atoms with Crippen molar-refractivity contribution < 1.29 is 4.39 Å². The largest absolute Gasteiger partial charge is 0.363 e. The number of anilines is 1. The molecule has 1 heterocycles. The van der Waals surface area contributed by atoms with Gasteiger partial charge in [-0.3, -0.25) is 0 Å². The molecular weight excluding hydrogens is 251 g/mol. The fraction of sp³-hybridized carbons (Fsp3) is 0.214. The maximum atomic E-state index is 13.7. The minimum atomic E-state index is -0.310. The zero-order chi connectivity index (χ0) is 13.1. The topological polar surface area (TPSA) is 24.9 Å². The van der Waals surface area contributed by atoms with Crippen molar-refractivity contribution in [2.45, 2.75) is 19.9 Å². The number of benzene rings is 1. The van der Waals surface area contributed by atoms with Crippen LogP contribution in [0.2, 0.25) is 5.02 Å². The van der Waals surface area contributed by atoms with Crippen molar-refractivity contribution >= 4 is 17.4 Å². The second-order valence-electron chi connectivity index (χ2n) is 4.17. The number of hydrogen-bond donors (Lipinski definition) is 1. The second-order valence-corrected chi connectivity index (χ2v) is 4.57. The Hall–Kier alpha value is -1.61. The summed E-state index contributed by atoms with van der Waals surface area (Å²) in [4.78, 5) is 4.32. The fourth-order valence-electron chi connectivity index (χ4n) is 1.84. The molecule has 0 aliphatic carbocycles. The fourth-order valence-corrected chi connectivity index (χ4v) is 2.17. The molecule has 0 aliphatic heterocycles. The van der Waals surface area contributed by atoms with Crippen LogP contribution >= 0.6 is 11.6 Å². The van der Waals surface area contributed by atoms with Gasteiger partial charge in [0.05, 0.1) is 6.04 Å². The highest BCUT2D eigenvalue weighted by molar-refractivity contribution is 6.31. The summed E-state index contributed by atoms with van der Waals surface area (Å²) >= 11 is 6.02. The van der Waals surface area contributed by atoms with Crippen molar-refractivity contribution in [1.29, 1.82) is 0 Å². The molecule has 0 spiro atoms. The average Bonchev–Trinajstić information content (AvgIpc) is 2.28. The highest BCUT2D eigenvalue weighted by Gasteiger charge is 2.14. The van der Waals surface area contributed by atoms with Gasteiger partial charge in [-0.1, -0.05) is 23.7 Å². The zero-order valence-electron chi connectivity index (χ0n) is 10.2. The normalized spacial score (nSPS) is 12.2. The van der Waals surface area contributed by atoms with E-state index in [2.05, 4.69) is 10.3 Å². The molecule has 2 nitrogen and oxygen atoms in total. The van der Waals surface area contributed by atoms with Gasteiger partial charge in [0.25, 0.3) is 0 Å². The summed E-state index contributed by atoms with van der Waals surface area (Å²) in [6, 6.07) is 10.1. The van der Waals surface area contributed by atoms with Gasteiger partial charge in [0.2, 0.25) is 0 Å². The quantitative estimate of drug-likeness (QED) is 0.891. The Kier molecular flexibility index (Phi) is 3.82. The zero-order valence-corrected chi connectivity index (χ0v) is 11.0. The molecule has 0 fully saturated rings. The molecule has 2 rings (SSSR count). The van der Waals surface area contributed by atoms with Crippen LogP contribution in [0, 0.1) is 12.7 Å². The van der Waals surface area contributed by atoms with Gasteiger partial charge in [-0.2, -0.15) is 0 Å². The van der Waals surface area contributed by atoms with E-state index in [9.17, 15) is 4.39 Å². The third-order valence-corrected chi connectivity index (χ3v) is 3.02. The van der Waals surface area contributed by atoms with Crippen LogP contribution in [-0.4, -0.2) is 4.98 Å². The van der Waals surface area contributed by atoms with E-state index in [0.29, 0.717) is 16.4 Å². The van der Waals surface area contributed by atoms with E-state index in [4.69, 9.17) is 11.6 Å². The number of aryl methyl sites for hydroxylation is 1. The molecule has 0 bridgehead atoms. The summed E-state index contributed by atoms with van der Waals surface area (Å²) in [6.45, 7) is 3.76. The Balaban J connectivity index is 2.25. The van der Waals surface area contributed by atoms with E-state index >= 15 is 0 Å². The lowest BCUT2D eigenvalue weighted by molar-refractivity contribution is 0.600. The first kappa shape index (κ1) is 12.8. The molecule has 1 atom stereocenters. The summed E-state index contributed by atoms with van der Waals surface area (Å²) in [7, 11) is 0. The van der Waals surface area contributed by atoms with Crippen LogP contribution in [0.5, 0.6) is 0 Å². The molecule has 1 unspecified atom stereocenters. The molecule has 1 N–H and O–H groups in total. The van der Waals surface area contributed by atoms with Gasteiger partial charge in [0, 0.05) is 16.3 Å². The number of halogens is 2. The highest BCUT2D eigenvalue weighted by Crippen LogP contribution is 2.27. The molecule has 0 saturated carbocycles. The van der Waals surface area contributed by atoms with Crippen LogP contribution in [0.25, 0.3) is 0 Å². The number of nitrogens with zero attached hydrogens (tertiary/aromatic N) is 1. The highest BCUT2D eigenvalue weighted by atomic mass is 35.5. The van der Waals surface area contributed by atoms with Crippen LogP contribution in [0.3, 0.4) is 0 Å². The van der Waals surface area contributed by atoms with Crippen molar-refractivity contribution in [2.75, 3.05) is 5.32 Å².